The number of hydrogen-bond acceptors (Lipinski definition) is 2. The first-order valence-electron chi connectivity index (χ1n) is 2.43. The Hall–Kier alpha value is -0.825. The van der Waals surface area contributed by atoms with Crippen LogP contribution in [0.4, 0.5) is 0 Å². The van der Waals surface area contributed by atoms with Crippen LogP contribution in [0.25, 0.3) is 0 Å². The molecule has 40 valence electrons. The van der Waals surface area contributed by atoms with Gasteiger partial charge in [-0.25, -0.2) is 0 Å². The van der Waals surface area contributed by atoms with E-state index in [0.29, 0.717) is 0 Å². The van der Waals surface area contributed by atoms with Crippen LogP contribution in [0.2, 0.25) is 0 Å². The normalized spacial score (nSPS) is 8.62. The largest absolute Gasteiger partial charge is 0.449 e. The zero-order valence-corrected chi connectivity index (χ0v) is 4.41. The number of hydrogen-bond donors (Lipinski definition) is 1. The van der Waals surface area contributed by atoms with Crippen LogP contribution in [0.15, 0.2) is 24.5 Å². The van der Waals surface area contributed by atoms with E-state index < -0.39 is 0 Å². The molecule has 0 unspecified atom stereocenters. The van der Waals surface area contributed by atoms with E-state index >= 15 is 0 Å². The topological polar surface area (TPSA) is 33.1 Å². The van der Waals surface area contributed by atoms with Crippen molar-refractivity contribution in [3.05, 3.63) is 24.5 Å². The minimum Gasteiger partial charge on any atom is -0.449 e. The molecular weight excluding hydrogens is 101 g/mol. The van der Waals surface area contributed by atoms with Crippen molar-refractivity contribution in [2.24, 2.45) is 0 Å². The van der Waals surface area contributed by atoms with Gasteiger partial charge in [0.2, 0.25) is 0 Å². The summed E-state index contributed by atoms with van der Waals surface area (Å²) < 4.78 is 0. The lowest BCUT2D eigenvalue weighted by molar-refractivity contribution is 0.615. The highest BCUT2D eigenvalue weighted by Gasteiger charge is 1.85. The third kappa shape index (κ3) is 1.07. The number of nitrogens with zero attached hydrogens (tertiary/aromatic N) is 1. The molecule has 0 saturated carbocycles. The van der Waals surface area contributed by atoms with Crippen LogP contribution < -0.4 is 5.46 Å². The second-order valence-electron chi connectivity index (χ2n) is 1.51. The van der Waals surface area contributed by atoms with Gasteiger partial charge in [0.15, 0.2) is 0 Å². The molecule has 2 nitrogen and oxygen atoms in total. The molecule has 0 fully saturated rings. The van der Waals surface area contributed by atoms with Gasteiger partial charge in [-0.2, -0.15) is 0 Å². The van der Waals surface area contributed by atoms with Gasteiger partial charge in [0.25, 0.3) is 0 Å². The van der Waals surface area contributed by atoms with E-state index in [1.807, 2.05) is 0 Å². The van der Waals surface area contributed by atoms with E-state index in [4.69, 9.17) is 5.02 Å². The van der Waals surface area contributed by atoms with Crippen LogP contribution in [-0.2, 0) is 0 Å². The fourth-order valence-corrected chi connectivity index (χ4v) is 0.488. The maximum absolute atomic E-state index is 8.51. The van der Waals surface area contributed by atoms with E-state index in [9.17, 15) is 0 Å². The van der Waals surface area contributed by atoms with Gasteiger partial charge in [-0.05, 0) is 17.6 Å². The molecule has 0 spiro atoms. The van der Waals surface area contributed by atoms with Gasteiger partial charge in [-0.15, -0.1) is 0 Å². The van der Waals surface area contributed by atoms with Crippen molar-refractivity contribution >= 4 is 12.9 Å². The maximum Gasteiger partial charge on any atom is 0.304 e. The van der Waals surface area contributed by atoms with Crippen molar-refractivity contribution in [3.63, 3.8) is 0 Å². The Morgan fingerprint density at radius 3 is 2.38 bits per heavy atom. The molecule has 1 rings (SSSR count). The third-order valence-electron chi connectivity index (χ3n) is 0.932. The van der Waals surface area contributed by atoms with Crippen LogP contribution in [0.1, 0.15) is 0 Å². The summed E-state index contributed by atoms with van der Waals surface area (Å²) in [6.45, 7) is 0. The van der Waals surface area contributed by atoms with Crippen LogP contribution in [-0.4, -0.2) is 17.5 Å². The van der Waals surface area contributed by atoms with Crippen LogP contribution >= 0.6 is 0 Å². The Morgan fingerprint density at radius 2 is 2.00 bits per heavy atom. The second kappa shape index (κ2) is 2.47. The van der Waals surface area contributed by atoms with Crippen LogP contribution in [0, 0.1) is 0 Å². The minimum atomic E-state index is 0.0997. The molecule has 0 radical (unpaired) electrons. The Balaban J connectivity index is 2.83. The predicted molar refractivity (Wildman–Crippen MR) is 33.2 cm³/mol. The smallest absolute Gasteiger partial charge is 0.304 e. The molecule has 0 aliphatic carbocycles. The average Bonchev–Trinajstić information content (AvgIpc) is 1.90. The molecule has 3 heteroatoms. The second-order valence-corrected chi connectivity index (χ2v) is 1.51. The monoisotopic (exact) mass is 107 g/mol. The molecule has 1 N–H and O–H groups in total. The van der Waals surface area contributed by atoms with Gasteiger partial charge in [0.05, 0.1) is 0 Å². The molecule has 1 aromatic rings. The third-order valence-corrected chi connectivity index (χ3v) is 0.932. The fraction of sp³-hybridized carbons (Fsp3) is 0. The van der Waals surface area contributed by atoms with Gasteiger partial charge >= 0.3 is 7.48 Å². The highest BCUT2D eigenvalue weighted by Crippen LogP contribution is 1.72. The average molecular weight is 107 g/mol. The molecule has 0 atom stereocenters. The first-order chi connectivity index (χ1) is 3.93. The van der Waals surface area contributed by atoms with Crippen LogP contribution in [0.5, 0.6) is 0 Å². The zero-order chi connectivity index (χ0) is 5.82. The van der Waals surface area contributed by atoms with Crippen molar-refractivity contribution in [3.8, 4) is 0 Å². The van der Waals surface area contributed by atoms with E-state index in [1.165, 1.54) is 0 Å². The molecule has 0 aliphatic heterocycles. The van der Waals surface area contributed by atoms with Crippen molar-refractivity contribution < 1.29 is 5.02 Å². The Bertz CT molecular complexity index is 154. The lowest BCUT2D eigenvalue weighted by Gasteiger charge is -1.86. The molecule has 0 saturated heterocycles. The lowest BCUT2D eigenvalue weighted by atomic mass is 9.90. The Labute approximate surface area is 48.5 Å². The highest BCUT2D eigenvalue weighted by atomic mass is 16.2. The maximum atomic E-state index is 8.51. The van der Waals surface area contributed by atoms with Gasteiger partial charge in [-0.3, -0.25) is 4.98 Å². The van der Waals surface area contributed by atoms with Crippen molar-refractivity contribution in [1.82, 2.24) is 4.98 Å². The molecule has 0 aliphatic rings. The summed E-state index contributed by atoms with van der Waals surface area (Å²) in [6.07, 6.45) is 3.32. The first-order valence-corrected chi connectivity index (χ1v) is 2.43. The fourth-order valence-electron chi connectivity index (χ4n) is 0.488. The summed E-state index contributed by atoms with van der Waals surface area (Å²) in [5.74, 6) is 0. The van der Waals surface area contributed by atoms with Gasteiger partial charge < -0.3 is 5.02 Å². The molecule has 8 heavy (non-hydrogen) atoms. The molecular formula is C5H6BNO. The summed E-state index contributed by atoms with van der Waals surface area (Å²) in [4.78, 5) is 3.78. The minimum absolute atomic E-state index is 0.0997. The van der Waals surface area contributed by atoms with E-state index in [1.54, 1.807) is 24.5 Å². The van der Waals surface area contributed by atoms with Crippen molar-refractivity contribution in [2.45, 2.75) is 0 Å². The zero-order valence-electron chi connectivity index (χ0n) is 4.41. The number of rotatable bonds is 1. The predicted octanol–water partition coefficient (Wildman–Crippen LogP) is -0.949. The molecule has 0 amide bonds. The highest BCUT2D eigenvalue weighted by molar-refractivity contribution is 6.45. The molecule has 0 bridgehead atoms. The summed E-state index contributed by atoms with van der Waals surface area (Å²) in [5, 5.41) is 8.51. The summed E-state index contributed by atoms with van der Waals surface area (Å²) in [6, 6.07) is 3.56. The molecule has 0 aromatic carbocycles. The quantitative estimate of drug-likeness (QED) is 0.469. The van der Waals surface area contributed by atoms with E-state index in [-0.39, 0.29) is 7.48 Å². The number of pyridine rings is 1. The Morgan fingerprint density at radius 1 is 1.38 bits per heavy atom. The standard InChI is InChI=1S/C5H6BNO/c8-6-5-1-3-7-4-2-5/h1-4,6,8H. The summed E-state index contributed by atoms with van der Waals surface area (Å²) >= 11 is 0. The SMILES string of the molecule is OBc1ccncc1. The summed E-state index contributed by atoms with van der Waals surface area (Å²) in [7, 11) is 0.0997. The lowest BCUT2D eigenvalue weighted by Crippen LogP contribution is -2.11. The first kappa shape index (κ1) is 5.31. The van der Waals surface area contributed by atoms with E-state index in [0.717, 1.165) is 5.46 Å². The number of aromatic nitrogens is 1. The van der Waals surface area contributed by atoms with Gasteiger partial charge in [0.1, 0.15) is 0 Å². The van der Waals surface area contributed by atoms with Crippen LogP contribution in [0.3, 0.4) is 0 Å². The van der Waals surface area contributed by atoms with Gasteiger partial charge in [-0.1, -0.05) is 0 Å². The van der Waals surface area contributed by atoms with Crippen molar-refractivity contribution in [1.29, 1.82) is 0 Å². The van der Waals surface area contributed by atoms with E-state index in [2.05, 4.69) is 4.98 Å². The molecule has 1 heterocycles. The molecule has 1 aromatic heterocycles. The Kier molecular flexibility index (Phi) is 1.64. The van der Waals surface area contributed by atoms with Crippen molar-refractivity contribution in [2.75, 3.05) is 0 Å². The van der Waals surface area contributed by atoms with Gasteiger partial charge in [0, 0.05) is 12.4 Å². The summed E-state index contributed by atoms with van der Waals surface area (Å²) in [5.41, 5.74) is 0.903.